The number of hydrogen-bond acceptors (Lipinski definition) is 3. The number of benzene rings is 1. The van der Waals surface area contributed by atoms with Crippen molar-refractivity contribution in [1.29, 1.82) is 0 Å². The molecule has 1 saturated heterocycles. The van der Waals surface area contributed by atoms with Gasteiger partial charge in [-0.25, -0.2) is 0 Å². The number of nitrogens with one attached hydrogen (secondary N) is 2. The number of anilines is 1. The second-order valence-corrected chi connectivity index (χ2v) is 6.84. The van der Waals surface area contributed by atoms with Crippen molar-refractivity contribution in [2.45, 2.75) is 32.2 Å². The zero-order valence-electron chi connectivity index (χ0n) is 12.1. The van der Waals surface area contributed by atoms with Gasteiger partial charge in [0.2, 0.25) is 0 Å². The number of nitrogens with zero attached hydrogens (tertiary/aromatic N) is 1. The summed E-state index contributed by atoms with van der Waals surface area (Å²) in [5, 5.41) is 3.14. The van der Waals surface area contributed by atoms with Crippen LogP contribution >= 0.6 is 0 Å². The minimum atomic E-state index is -3.45. The van der Waals surface area contributed by atoms with Gasteiger partial charge in [0.25, 0.3) is 0 Å². The summed E-state index contributed by atoms with van der Waals surface area (Å²) in [5.74, 6) is 0. The van der Waals surface area contributed by atoms with Gasteiger partial charge in [0.05, 0.1) is 5.69 Å². The molecule has 0 bridgehead atoms. The van der Waals surface area contributed by atoms with Crippen LogP contribution in [-0.4, -0.2) is 32.9 Å². The topological polar surface area (TPSA) is 61.4 Å². The Hall–Kier alpha value is -1.11. The number of hydrogen-bond donors (Lipinski definition) is 2. The quantitative estimate of drug-likeness (QED) is 0.875. The molecule has 1 atom stereocenters. The Morgan fingerprint density at radius 2 is 1.80 bits per heavy atom. The number of rotatable bonds is 5. The molecule has 6 heteroatoms. The van der Waals surface area contributed by atoms with Crippen molar-refractivity contribution in [2.75, 3.05) is 24.9 Å². The molecule has 1 fully saturated rings. The first kappa shape index (κ1) is 15.3. The number of piperidine rings is 1. The average molecular weight is 297 g/mol. The van der Waals surface area contributed by atoms with Crippen LogP contribution in [0.1, 0.15) is 37.8 Å². The molecule has 2 N–H and O–H groups in total. The van der Waals surface area contributed by atoms with E-state index in [4.69, 9.17) is 0 Å². The predicted octanol–water partition coefficient (Wildman–Crippen LogP) is 2.11. The normalized spacial score (nSPS) is 18.7. The second kappa shape index (κ2) is 6.56. The van der Waals surface area contributed by atoms with Crippen molar-refractivity contribution < 1.29 is 8.42 Å². The molecule has 1 unspecified atom stereocenters. The summed E-state index contributed by atoms with van der Waals surface area (Å²) < 4.78 is 29.1. The van der Waals surface area contributed by atoms with Gasteiger partial charge in [0, 0.05) is 19.1 Å². The third kappa shape index (κ3) is 3.50. The Morgan fingerprint density at radius 3 is 2.45 bits per heavy atom. The van der Waals surface area contributed by atoms with Crippen molar-refractivity contribution in [2.24, 2.45) is 0 Å². The van der Waals surface area contributed by atoms with Crippen LogP contribution in [0.2, 0.25) is 0 Å². The first-order valence-electron chi connectivity index (χ1n) is 7.08. The van der Waals surface area contributed by atoms with E-state index in [0.717, 1.165) is 24.8 Å². The Morgan fingerprint density at radius 1 is 1.15 bits per heavy atom. The smallest absolute Gasteiger partial charge is 0.301 e. The molecule has 1 aliphatic heterocycles. The van der Waals surface area contributed by atoms with E-state index in [-0.39, 0.29) is 6.04 Å². The fourth-order valence-electron chi connectivity index (χ4n) is 2.43. The van der Waals surface area contributed by atoms with Crippen molar-refractivity contribution in [3.8, 4) is 0 Å². The van der Waals surface area contributed by atoms with Crippen LogP contribution in [0.4, 0.5) is 5.69 Å². The molecule has 0 amide bonds. The Balaban J connectivity index is 2.20. The third-order valence-electron chi connectivity index (χ3n) is 3.75. The molecule has 0 aromatic heterocycles. The Labute approximate surface area is 121 Å². The molecule has 0 aliphatic carbocycles. The fraction of sp³-hybridized carbons (Fsp3) is 0.571. The summed E-state index contributed by atoms with van der Waals surface area (Å²) >= 11 is 0. The molecule has 5 nitrogen and oxygen atoms in total. The summed E-state index contributed by atoms with van der Waals surface area (Å²) in [7, 11) is -1.58. The third-order valence-corrected chi connectivity index (χ3v) is 5.28. The van der Waals surface area contributed by atoms with Crippen LogP contribution in [0, 0.1) is 0 Å². The maximum atomic E-state index is 12.4. The van der Waals surface area contributed by atoms with E-state index in [9.17, 15) is 8.42 Å². The molecular weight excluding hydrogens is 274 g/mol. The maximum Gasteiger partial charge on any atom is 0.301 e. The van der Waals surface area contributed by atoms with Crippen LogP contribution in [0.25, 0.3) is 0 Å². The highest BCUT2D eigenvalue weighted by Gasteiger charge is 2.24. The van der Waals surface area contributed by atoms with Crippen LogP contribution < -0.4 is 10.0 Å². The molecule has 2 rings (SSSR count). The van der Waals surface area contributed by atoms with E-state index in [0.29, 0.717) is 18.8 Å². The monoisotopic (exact) mass is 297 g/mol. The van der Waals surface area contributed by atoms with Crippen molar-refractivity contribution in [3.05, 3.63) is 29.8 Å². The van der Waals surface area contributed by atoms with Crippen molar-refractivity contribution in [1.82, 2.24) is 9.62 Å². The Kier molecular flexibility index (Phi) is 5.01. The lowest BCUT2D eigenvalue weighted by atomic mass is 10.1. The molecule has 0 saturated carbocycles. The van der Waals surface area contributed by atoms with Gasteiger partial charge in [0.1, 0.15) is 0 Å². The van der Waals surface area contributed by atoms with E-state index in [1.165, 1.54) is 4.31 Å². The van der Waals surface area contributed by atoms with Crippen molar-refractivity contribution >= 4 is 15.9 Å². The second-order valence-electron chi connectivity index (χ2n) is 5.16. The zero-order valence-corrected chi connectivity index (χ0v) is 12.9. The van der Waals surface area contributed by atoms with Gasteiger partial charge >= 0.3 is 10.2 Å². The van der Waals surface area contributed by atoms with Gasteiger partial charge in [-0.1, -0.05) is 24.6 Å². The SMILES string of the molecule is CNC(C)c1ccccc1NS(=O)(=O)N1CCCCC1. The first-order chi connectivity index (χ1) is 9.54. The summed E-state index contributed by atoms with van der Waals surface area (Å²) in [6.45, 7) is 3.23. The minimum Gasteiger partial charge on any atom is -0.313 e. The molecular formula is C14H23N3O2S. The van der Waals surface area contributed by atoms with Crippen molar-refractivity contribution in [3.63, 3.8) is 0 Å². The molecule has 112 valence electrons. The van der Waals surface area contributed by atoms with E-state index in [1.807, 2.05) is 38.2 Å². The molecule has 1 aliphatic rings. The highest BCUT2D eigenvalue weighted by molar-refractivity contribution is 7.90. The van der Waals surface area contributed by atoms with Gasteiger partial charge < -0.3 is 5.32 Å². The van der Waals surface area contributed by atoms with E-state index >= 15 is 0 Å². The molecule has 1 aromatic carbocycles. The molecule has 1 aromatic rings. The molecule has 0 spiro atoms. The van der Waals surface area contributed by atoms with Crippen LogP contribution in [0.15, 0.2) is 24.3 Å². The summed E-state index contributed by atoms with van der Waals surface area (Å²) in [6, 6.07) is 7.61. The zero-order chi connectivity index (χ0) is 14.6. The maximum absolute atomic E-state index is 12.4. The van der Waals surface area contributed by atoms with E-state index in [1.54, 1.807) is 0 Å². The van der Waals surface area contributed by atoms with Gasteiger partial charge in [-0.2, -0.15) is 12.7 Å². The lowest BCUT2D eigenvalue weighted by molar-refractivity contribution is 0.349. The van der Waals surface area contributed by atoms with Crippen LogP contribution in [-0.2, 0) is 10.2 Å². The number of para-hydroxylation sites is 1. The first-order valence-corrected chi connectivity index (χ1v) is 8.52. The average Bonchev–Trinajstić information content (AvgIpc) is 2.47. The van der Waals surface area contributed by atoms with Crippen LogP contribution in [0.5, 0.6) is 0 Å². The Bertz CT molecular complexity index is 539. The van der Waals surface area contributed by atoms with Gasteiger partial charge in [-0.05, 0) is 38.4 Å². The van der Waals surface area contributed by atoms with E-state index in [2.05, 4.69) is 10.0 Å². The lowest BCUT2D eigenvalue weighted by Crippen LogP contribution is -2.39. The fourth-order valence-corrected chi connectivity index (χ4v) is 3.76. The molecule has 1 heterocycles. The van der Waals surface area contributed by atoms with Gasteiger partial charge in [-0.3, -0.25) is 4.72 Å². The summed E-state index contributed by atoms with van der Waals surface area (Å²) in [5.41, 5.74) is 1.61. The highest BCUT2D eigenvalue weighted by atomic mass is 32.2. The lowest BCUT2D eigenvalue weighted by Gasteiger charge is -2.27. The summed E-state index contributed by atoms with van der Waals surface area (Å²) in [6.07, 6.45) is 2.99. The molecule has 20 heavy (non-hydrogen) atoms. The predicted molar refractivity (Wildman–Crippen MR) is 81.9 cm³/mol. The van der Waals surface area contributed by atoms with Crippen LogP contribution in [0.3, 0.4) is 0 Å². The van der Waals surface area contributed by atoms with Gasteiger partial charge in [0.15, 0.2) is 0 Å². The summed E-state index contributed by atoms with van der Waals surface area (Å²) in [4.78, 5) is 0. The largest absolute Gasteiger partial charge is 0.313 e. The van der Waals surface area contributed by atoms with Gasteiger partial charge in [-0.15, -0.1) is 0 Å². The van der Waals surface area contributed by atoms with E-state index < -0.39 is 10.2 Å². The minimum absolute atomic E-state index is 0.0928. The standard InChI is InChI=1S/C14H23N3O2S/c1-12(15-2)13-8-4-5-9-14(13)16-20(18,19)17-10-6-3-7-11-17/h4-5,8-9,12,15-16H,3,6-7,10-11H2,1-2H3. The molecule has 0 radical (unpaired) electrons. The highest BCUT2D eigenvalue weighted by Crippen LogP contribution is 2.24.